The van der Waals surface area contributed by atoms with Gasteiger partial charge in [-0.05, 0) is 49.9 Å². The zero-order valence-electron chi connectivity index (χ0n) is 11.8. The average Bonchev–Trinajstić information content (AvgIpc) is 3.04. The predicted molar refractivity (Wildman–Crippen MR) is 79.3 cm³/mol. The van der Waals surface area contributed by atoms with Crippen molar-refractivity contribution in [3.63, 3.8) is 0 Å². The second-order valence-corrected chi connectivity index (χ2v) is 5.48. The summed E-state index contributed by atoms with van der Waals surface area (Å²) in [5.41, 5.74) is 1.50. The van der Waals surface area contributed by atoms with E-state index in [1.807, 2.05) is 30.5 Å². The van der Waals surface area contributed by atoms with Crippen molar-refractivity contribution in [3.8, 4) is 5.69 Å². The number of nitrogens with zero attached hydrogens (tertiary/aromatic N) is 2. The molecule has 1 saturated carbocycles. The number of benzene rings is 1. The minimum absolute atomic E-state index is 0.0644. The van der Waals surface area contributed by atoms with Crippen LogP contribution in [0, 0.1) is 0 Å². The number of carbonyl (C=O) groups is 1. The predicted octanol–water partition coefficient (Wildman–Crippen LogP) is 1.91. The first kappa shape index (κ1) is 13.8. The summed E-state index contributed by atoms with van der Waals surface area (Å²) in [7, 11) is 0. The minimum Gasteiger partial charge on any atom is -0.393 e. The molecule has 110 valence electrons. The molecular formula is C16H19N3O2. The van der Waals surface area contributed by atoms with E-state index >= 15 is 0 Å². The van der Waals surface area contributed by atoms with Crippen molar-refractivity contribution in [2.24, 2.45) is 0 Å². The Morgan fingerprint density at radius 1 is 1.24 bits per heavy atom. The number of amides is 1. The van der Waals surface area contributed by atoms with Gasteiger partial charge in [-0.15, -0.1) is 0 Å². The maximum Gasteiger partial charge on any atom is 0.251 e. The molecule has 0 unspecified atom stereocenters. The van der Waals surface area contributed by atoms with E-state index in [9.17, 15) is 9.90 Å². The third kappa shape index (κ3) is 3.31. The fourth-order valence-electron chi connectivity index (χ4n) is 2.70. The molecule has 1 aliphatic carbocycles. The Kier molecular flexibility index (Phi) is 4.01. The monoisotopic (exact) mass is 285 g/mol. The van der Waals surface area contributed by atoms with Crippen molar-refractivity contribution < 1.29 is 9.90 Å². The number of rotatable bonds is 3. The highest BCUT2D eigenvalue weighted by atomic mass is 16.3. The van der Waals surface area contributed by atoms with Gasteiger partial charge >= 0.3 is 0 Å². The molecule has 3 rings (SSSR count). The maximum absolute atomic E-state index is 12.3. The lowest BCUT2D eigenvalue weighted by atomic mass is 9.93. The summed E-state index contributed by atoms with van der Waals surface area (Å²) in [6.07, 6.45) is 6.55. The second kappa shape index (κ2) is 6.10. The number of hydrogen-bond donors (Lipinski definition) is 2. The minimum atomic E-state index is -0.207. The van der Waals surface area contributed by atoms with Crippen LogP contribution in [0.5, 0.6) is 0 Å². The molecule has 2 N–H and O–H groups in total. The molecule has 2 aromatic rings. The van der Waals surface area contributed by atoms with E-state index < -0.39 is 0 Å². The van der Waals surface area contributed by atoms with Crippen LogP contribution in [0.4, 0.5) is 0 Å². The average molecular weight is 285 g/mol. The maximum atomic E-state index is 12.3. The van der Waals surface area contributed by atoms with Crippen molar-refractivity contribution in [1.82, 2.24) is 15.1 Å². The van der Waals surface area contributed by atoms with Gasteiger partial charge in [-0.2, -0.15) is 5.10 Å². The summed E-state index contributed by atoms with van der Waals surface area (Å²) in [5, 5.41) is 16.7. The molecule has 21 heavy (non-hydrogen) atoms. The highest BCUT2D eigenvalue weighted by Gasteiger charge is 2.21. The van der Waals surface area contributed by atoms with Crippen LogP contribution in [0.2, 0.25) is 0 Å². The second-order valence-electron chi connectivity index (χ2n) is 5.48. The first-order chi connectivity index (χ1) is 10.2. The van der Waals surface area contributed by atoms with E-state index in [1.165, 1.54) is 0 Å². The van der Waals surface area contributed by atoms with Crippen LogP contribution < -0.4 is 5.32 Å². The Balaban J connectivity index is 1.69. The molecule has 0 spiro atoms. The van der Waals surface area contributed by atoms with Crippen LogP contribution in [-0.2, 0) is 0 Å². The van der Waals surface area contributed by atoms with E-state index in [-0.39, 0.29) is 18.1 Å². The van der Waals surface area contributed by atoms with Crippen molar-refractivity contribution >= 4 is 5.91 Å². The molecule has 5 heteroatoms. The fraction of sp³-hybridized carbons (Fsp3) is 0.375. The number of hydrogen-bond acceptors (Lipinski definition) is 3. The highest BCUT2D eigenvalue weighted by molar-refractivity contribution is 5.94. The van der Waals surface area contributed by atoms with Gasteiger partial charge in [0.2, 0.25) is 0 Å². The van der Waals surface area contributed by atoms with E-state index in [1.54, 1.807) is 16.9 Å². The lowest BCUT2D eigenvalue weighted by Crippen LogP contribution is -2.38. The summed E-state index contributed by atoms with van der Waals surface area (Å²) < 4.78 is 1.73. The van der Waals surface area contributed by atoms with E-state index in [2.05, 4.69) is 10.4 Å². The summed E-state index contributed by atoms with van der Waals surface area (Å²) >= 11 is 0. The first-order valence-corrected chi connectivity index (χ1v) is 7.31. The first-order valence-electron chi connectivity index (χ1n) is 7.31. The third-order valence-electron chi connectivity index (χ3n) is 3.91. The normalized spacial score (nSPS) is 22.0. The lowest BCUT2D eigenvalue weighted by Gasteiger charge is -2.26. The molecule has 1 aromatic carbocycles. The Morgan fingerprint density at radius 3 is 2.76 bits per heavy atom. The Labute approximate surface area is 123 Å². The molecule has 0 radical (unpaired) electrons. The molecule has 5 nitrogen and oxygen atoms in total. The topological polar surface area (TPSA) is 67.2 Å². The number of aliphatic hydroxyl groups is 1. The molecule has 1 aliphatic rings. The zero-order valence-corrected chi connectivity index (χ0v) is 11.8. The third-order valence-corrected chi connectivity index (χ3v) is 3.91. The van der Waals surface area contributed by atoms with Crippen LogP contribution >= 0.6 is 0 Å². The molecule has 0 atom stereocenters. The molecule has 0 aliphatic heterocycles. The molecular weight excluding hydrogens is 266 g/mol. The molecule has 0 bridgehead atoms. The number of aromatic nitrogens is 2. The van der Waals surface area contributed by atoms with Gasteiger partial charge < -0.3 is 10.4 Å². The van der Waals surface area contributed by atoms with Crippen molar-refractivity contribution in [2.75, 3.05) is 0 Å². The van der Waals surface area contributed by atoms with Gasteiger partial charge in [-0.1, -0.05) is 6.07 Å². The molecule has 1 aromatic heterocycles. The largest absolute Gasteiger partial charge is 0.393 e. The zero-order chi connectivity index (χ0) is 14.7. The molecule has 1 heterocycles. The van der Waals surface area contributed by atoms with Crippen LogP contribution in [0.1, 0.15) is 36.0 Å². The lowest BCUT2D eigenvalue weighted by molar-refractivity contribution is 0.0867. The summed E-state index contributed by atoms with van der Waals surface area (Å²) in [6.45, 7) is 0. The summed E-state index contributed by atoms with van der Waals surface area (Å²) in [4.78, 5) is 12.3. The van der Waals surface area contributed by atoms with E-state index in [4.69, 9.17) is 0 Å². The van der Waals surface area contributed by atoms with Gasteiger partial charge in [-0.3, -0.25) is 4.79 Å². The standard InChI is InChI=1S/C16H19N3O2/c20-15-7-5-13(6-8-15)18-16(21)12-3-1-4-14(11-12)19-10-2-9-17-19/h1-4,9-11,13,15,20H,5-8H2,(H,18,21). The van der Waals surface area contributed by atoms with Gasteiger partial charge in [0.05, 0.1) is 11.8 Å². The number of aliphatic hydroxyl groups excluding tert-OH is 1. The van der Waals surface area contributed by atoms with Crippen LogP contribution in [0.3, 0.4) is 0 Å². The highest BCUT2D eigenvalue weighted by Crippen LogP contribution is 2.19. The van der Waals surface area contributed by atoms with Crippen molar-refractivity contribution in [2.45, 2.75) is 37.8 Å². The van der Waals surface area contributed by atoms with Gasteiger partial charge in [0.15, 0.2) is 0 Å². The van der Waals surface area contributed by atoms with Crippen LogP contribution in [-0.4, -0.2) is 32.9 Å². The van der Waals surface area contributed by atoms with Gasteiger partial charge in [0, 0.05) is 24.0 Å². The van der Waals surface area contributed by atoms with Crippen molar-refractivity contribution in [1.29, 1.82) is 0 Å². The van der Waals surface area contributed by atoms with Crippen molar-refractivity contribution in [3.05, 3.63) is 48.3 Å². The number of nitrogens with one attached hydrogen (secondary N) is 1. The van der Waals surface area contributed by atoms with Crippen LogP contribution in [0.25, 0.3) is 5.69 Å². The Hall–Kier alpha value is -2.14. The van der Waals surface area contributed by atoms with Gasteiger partial charge in [0.25, 0.3) is 5.91 Å². The Bertz CT molecular complexity index is 602. The van der Waals surface area contributed by atoms with E-state index in [0.717, 1.165) is 31.4 Å². The van der Waals surface area contributed by atoms with Gasteiger partial charge in [-0.25, -0.2) is 4.68 Å². The Morgan fingerprint density at radius 2 is 2.05 bits per heavy atom. The molecule has 0 saturated heterocycles. The van der Waals surface area contributed by atoms with Crippen LogP contribution in [0.15, 0.2) is 42.7 Å². The smallest absolute Gasteiger partial charge is 0.251 e. The summed E-state index contributed by atoms with van der Waals surface area (Å²) in [6, 6.07) is 9.42. The summed E-state index contributed by atoms with van der Waals surface area (Å²) in [5.74, 6) is -0.0644. The van der Waals surface area contributed by atoms with Gasteiger partial charge in [0.1, 0.15) is 0 Å². The number of carbonyl (C=O) groups excluding carboxylic acids is 1. The fourth-order valence-corrected chi connectivity index (χ4v) is 2.70. The SMILES string of the molecule is O=C(NC1CCC(O)CC1)c1cccc(-n2cccn2)c1. The quantitative estimate of drug-likeness (QED) is 0.905. The molecule has 1 fully saturated rings. The molecule has 1 amide bonds. The van der Waals surface area contributed by atoms with E-state index in [0.29, 0.717) is 5.56 Å².